The molecule has 1 heterocycles. The van der Waals surface area contributed by atoms with Crippen molar-refractivity contribution < 1.29 is 13.2 Å². The van der Waals surface area contributed by atoms with E-state index in [-0.39, 0.29) is 0 Å². The Balaban J connectivity index is 1.67. The first-order chi connectivity index (χ1) is 9.98. The molecule has 1 aliphatic heterocycles. The van der Waals surface area contributed by atoms with Gasteiger partial charge in [0.15, 0.2) is 0 Å². The molecule has 3 nitrogen and oxygen atoms in total. The van der Waals surface area contributed by atoms with E-state index in [1.54, 1.807) is 0 Å². The largest absolute Gasteiger partial charge is 0.401 e. The summed E-state index contributed by atoms with van der Waals surface area (Å²) in [6, 6.07) is 1.23. The van der Waals surface area contributed by atoms with Crippen molar-refractivity contribution in [2.45, 2.75) is 57.3 Å². The van der Waals surface area contributed by atoms with E-state index in [4.69, 9.17) is 0 Å². The Hall–Kier alpha value is -0.330. The van der Waals surface area contributed by atoms with Gasteiger partial charge in [0, 0.05) is 38.3 Å². The van der Waals surface area contributed by atoms with Crippen LogP contribution >= 0.6 is 0 Å². The highest BCUT2D eigenvalue weighted by molar-refractivity contribution is 4.85. The molecule has 0 radical (unpaired) electrons. The van der Waals surface area contributed by atoms with Crippen LogP contribution in [0.3, 0.4) is 0 Å². The van der Waals surface area contributed by atoms with E-state index in [2.05, 4.69) is 17.1 Å². The molecule has 21 heavy (non-hydrogen) atoms. The van der Waals surface area contributed by atoms with Gasteiger partial charge in [0.1, 0.15) is 0 Å². The van der Waals surface area contributed by atoms with E-state index in [1.807, 2.05) is 0 Å². The summed E-state index contributed by atoms with van der Waals surface area (Å²) < 4.78 is 37.1. The monoisotopic (exact) mass is 307 g/mol. The van der Waals surface area contributed by atoms with Crippen molar-refractivity contribution >= 4 is 0 Å². The molecular formula is C15H28F3N3. The molecule has 2 aliphatic rings. The fraction of sp³-hybridized carbons (Fsp3) is 1.00. The van der Waals surface area contributed by atoms with E-state index in [0.29, 0.717) is 25.2 Å². The number of halogens is 3. The van der Waals surface area contributed by atoms with Crippen LogP contribution in [0, 0.1) is 0 Å². The summed E-state index contributed by atoms with van der Waals surface area (Å²) in [5.74, 6) is 0. The number of nitrogens with zero attached hydrogens (tertiary/aromatic N) is 2. The lowest BCUT2D eigenvalue weighted by Crippen LogP contribution is -2.53. The smallest absolute Gasteiger partial charge is 0.314 e. The van der Waals surface area contributed by atoms with Crippen LogP contribution in [-0.2, 0) is 0 Å². The third-order valence-corrected chi connectivity index (χ3v) is 4.71. The van der Waals surface area contributed by atoms with Crippen molar-refractivity contribution in [3.63, 3.8) is 0 Å². The Morgan fingerprint density at radius 2 is 1.62 bits per heavy atom. The molecule has 0 bridgehead atoms. The normalized spacial score (nSPS) is 29.7. The topological polar surface area (TPSA) is 18.5 Å². The maximum Gasteiger partial charge on any atom is 0.401 e. The lowest BCUT2D eigenvalue weighted by atomic mass is 9.89. The molecular weight excluding hydrogens is 279 g/mol. The van der Waals surface area contributed by atoms with Gasteiger partial charge in [-0.15, -0.1) is 0 Å². The summed E-state index contributed by atoms with van der Waals surface area (Å²) in [6.45, 7) is 5.18. The van der Waals surface area contributed by atoms with Crippen LogP contribution in [0.25, 0.3) is 0 Å². The molecule has 6 heteroatoms. The van der Waals surface area contributed by atoms with Gasteiger partial charge in [-0.05, 0) is 38.6 Å². The quantitative estimate of drug-likeness (QED) is 0.842. The number of hydrogen-bond acceptors (Lipinski definition) is 3. The summed E-state index contributed by atoms with van der Waals surface area (Å²) in [7, 11) is 0. The summed E-state index contributed by atoms with van der Waals surface area (Å²) >= 11 is 0. The third-order valence-electron chi connectivity index (χ3n) is 4.71. The van der Waals surface area contributed by atoms with E-state index in [1.165, 1.54) is 37.0 Å². The molecule has 0 atom stereocenters. The van der Waals surface area contributed by atoms with Gasteiger partial charge in [0.2, 0.25) is 0 Å². The average Bonchev–Trinajstić information content (AvgIpc) is 2.45. The second-order valence-electron chi connectivity index (χ2n) is 6.39. The fourth-order valence-corrected chi connectivity index (χ4v) is 3.53. The Morgan fingerprint density at radius 1 is 1.00 bits per heavy atom. The Kier molecular flexibility index (Phi) is 6.32. The standard InChI is InChI=1S/C15H28F3N3/c1-2-7-19-13-3-5-14(6-4-13)21-10-8-20(9-11-21)12-15(16,17)18/h13-14,19H,2-12H2,1H3. The van der Waals surface area contributed by atoms with Crippen molar-refractivity contribution in [1.82, 2.24) is 15.1 Å². The highest BCUT2D eigenvalue weighted by Gasteiger charge is 2.34. The maximum absolute atomic E-state index is 12.4. The summed E-state index contributed by atoms with van der Waals surface area (Å²) in [5.41, 5.74) is 0. The number of rotatable bonds is 5. The van der Waals surface area contributed by atoms with Crippen LogP contribution in [0.2, 0.25) is 0 Å². The predicted octanol–water partition coefficient (Wildman–Crippen LogP) is 2.48. The minimum Gasteiger partial charge on any atom is -0.314 e. The van der Waals surface area contributed by atoms with Gasteiger partial charge in [-0.2, -0.15) is 13.2 Å². The van der Waals surface area contributed by atoms with Crippen molar-refractivity contribution in [2.75, 3.05) is 39.3 Å². The maximum atomic E-state index is 12.4. The van der Waals surface area contributed by atoms with E-state index < -0.39 is 12.7 Å². The van der Waals surface area contributed by atoms with Crippen molar-refractivity contribution in [3.05, 3.63) is 0 Å². The molecule has 1 aliphatic carbocycles. The van der Waals surface area contributed by atoms with Gasteiger partial charge in [0.05, 0.1) is 6.54 Å². The predicted molar refractivity (Wildman–Crippen MR) is 78.4 cm³/mol. The van der Waals surface area contributed by atoms with E-state index in [0.717, 1.165) is 19.6 Å². The fourth-order valence-electron chi connectivity index (χ4n) is 3.53. The summed E-state index contributed by atoms with van der Waals surface area (Å²) in [4.78, 5) is 3.94. The van der Waals surface area contributed by atoms with Crippen LogP contribution in [0.15, 0.2) is 0 Å². The molecule has 2 fully saturated rings. The first-order valence-corrected chi connectivity index (χ1v) is 8.24. The van der Waals surface area contributed by atoms with Crippen molar-refractivity contribution in [2.24, 2.45) is 0 Å². The zero-order valence-corrected chi connectivity index (χ0v) is 13.0. The van der Waals surface area contributed by atoms with Crippen LogP contribution in [0.4, 0.5) is 13.2 Å². The van der Waals surface area contributed by atoms with Crippen LogP contribution in [0.1, 0.15) is 39.0 Å². The van der Waals surface area contributed by atoms with Crippen LogP contribution in [0.5, 0.6) is 0 Å². The Bertz CT molecular complexity index is 293. The number of alkyl halides is 3. The molecule has 0 aromatic rings. The van der Waals surface area contributed by atoms with Gasteiger partial charge in [0.25, 0.3) is 0 Å². The molecule has 0 spiro atoms. The van der Waals surface area contributed by atoms with Crippen LogP contribution < -0.4 is 5.32 Å². The molecule has 0 unspecified atom stereocenters. The van der Waals surface area contributed by atoms with Gasteiger partial charge < -0.3 is 5.32 Å². The molecule has 2 rings (SSSR count). The SMILES string of the molecule is CCCNC1CCC(N2CCN(CC(F)(F)F)CC2)CC1. The summed E-state index contributed by atoms with van der Waals surface area (Å²) in [5, 5.41) is 3.58. The van der Waals surface area contributed by atoms with E-state index >= 15 is 0 Å². The zero-order valence-electron chi connectivity index (χ0n) is 13.0. The third kappa shape index (κ3) is 5.75. The van der Waals surface area contributed by atoms with Gasteiger partial charge in [-0.1, -0.05) is 6.92 Å². The van der Waals surface area contributed by atoms with Gasteiger partial charge in [-0.3, -0.25) is 9.80 Å². The lowest BCUT2D eigenvalue weighted by Gasteiger charge is -2.42. The van der Waals surface area contributed by atoms with Gasteiger partial charge in [-0.25, -0.2) is 0 Å². The van der Waals surface area contributed by atoms with Gasteiger partial charge >= 0.3 is 6.18 Å². The second-order valence-corrected chi connectivity index (χ2v) is 6.39. The second kappa shape index (κ2) is 7.79. The van der Waals surface area contributed by atoms with Crippen molar-refractivity contribution in [3.8, 4) is 0 Å². The Labute approximate surface area is 125 Å². The molecule has 1 N–H and O–H groups in total. The van der Waals surface area contributed by atoms with E-state index in [9.17, 15) is 13.2 Å². The number of nitrogens with one attached hydrogen (secondary N) is 1. The molecule has 0 aromatic carbocycles. The molecule has 124 valence electrons. The average molecular weight is 307 g/mol. The lowest BCUT2D eigenvalue weighted by molar-refractivity contribution is -0.150. The minimum absolute atomic E-state index is 0.549. The zero-order chi connectivity index (χ0) is 15.3. The molecule has 1 saturated heterocycles. The minimum atomic E-state index is -4.06. The highest BCUT2D eigenvalue weighted by Crippen LogP contribution is 2.25. The molecule has 1 saturated carbocycles. The number of piperazine rings is 1. The first-order valence-electron chi connectivity index (χ1n) is 8.24. The van der Waals surface area contributed by atoms with Crippen molar-refractivity contribution in [1.29, 1.82) is 0 Å². The highest BCUT2D eigenvalue weighted by atomic mass is 19.4. The van der Waals surface area contributed by atoms with Crippen LogP contribution in [-0.4, -0.2) is 67.3 Å². The first kappa shape index (κ1) is 17.0. The Morgan fingerprint density at radius 3 is 2.14 bits per heavy atom. The number of hydrogen-bond donors (Lipinski definition) is 1. The molecule has 0 amide bonds. The summed E-state index contributed by atoms with van der Waals surface area (Å²) in [6.07, 6.45) is 1.87. The molecule has 0 aromatic heterocycles.